The molecule has 1 rings (SSSR count). The van der Waals surface area contributed by atoms with Crippen LogP contribution >= 0.6 is 0 Å². The van der Waals surface area contributed by atoms with Crippen molar-refractivity contribution in [3.63, 3.8) is 0 Å². The number of allylic oxidation sites excluding steroid dienone is 10. The van der Waals surface area contributed by atoms with Gasteiger partial charge in [-0.05, 0) is 57.8 Å². The zero-order chi connectivity index (χ0) is 57.2. The van der Waals surface area contributed by atoms with Crippen LogP contribution < -0.4 is 5.32 Å². The van der Waals surface area contributed by atoms with Gasteiger partial charge in [0, 0.05) is 6.42 Å². The summed E-state index contributed by atoms with van der Waals surface area (Å²) in [7, 11) is 0. The zero-order valence-electron chi connectivity index (χ0n) is 51.6. The minimum atomic E-state index is -1.55. The molecule has 1 amide bonds. The molecule has 0 bridgehead atoms. The Morgan fingerprint density at radius 3 is 1.16 bits per heavy atom. The summed E-state index contributed by atoms with van der Waals surface area (Å²) in [6, 6.07) is -0.719. The van der Waals surface area contributed by atoms with Gasteiger partial charge in [-0.1, -0.05) is 319 Å². The third-order valence-corrected chi connectivity index (χ3v) is 16.1. The molecule has 462 valence electrons. The van der Waals surface area contributed by atoms with Gasteiger partial charge in [-0.2, -0.15) is 0 Å². The van der Waals surface area contributed by atoms with Gasteiger partial charge in [-0.25, -0.2) is 0 Å². The normalized spacial score (nSPS) is 18.9. The summed E-state index contributed by atoms with van der Waals surface area (Å²) >= 11 is 0. The summed E-state index contributed by atoms with van der Waals surface area (Å²) < 4.78 is 11.4. The number of hydrogen-bond acceptors (Lipinski definition) is 8. The molecule has 0 saturated carbocycles. The lowest BCUT2D eigenvalue weighted by molar-refractivity contribution is -0.302. The minimum Gasteiger partial charge on any atom is -0.394 e. The van der Waals surface area contributed by atoms with Crippen molar-refractivity contribution in [3.8, 4) is 0 Å². The van der Waals surface area contributed by atoms with Crippen molar-refractivity contribution < 1.29 is 39.8 Å². The number of hydrogen-bond donors (Lipinski definition) is 6. The van der Waals surface area contributed by atoms with Gasteiger partial charge in [0.2, 0.25) is 5.91 Å². The first kappa shape index (κ1) is 74.9. The highest BCUT2D eigenvalue weighted by Gasteiger charge is 2.44. The monoisotopic (exact) mass is 1110 g/mol. The van der Waals surface area contributed by atoms with E-state index in [9.17, 15) is 30.3 Å². The molecule has 0 aliphatic carbocycles. The Labute approximate surface area is 487 Å². The second-order valence-electron chi connectivity index (χ2n) is 23.6. The van der Waals surface area contributed by atoms with Gasteiger partial charge >= 0.3 is 0 Å². The molecule has 1 saturated heterocycles. The van der Waals surface area contributed by atoms with E-state index in [1.807, 2.05) is 0 Å². The second kappa shape index (κ2) is 59.1. The third kappa shape index (κ3) is 48.0. The maximum absolute atomic E-state index is 13.1. The molecule has 1 aliphatic rings. The van der Waals surface area contributed by atoms with Gasteiger partial charge in [-0.15, -0.1) is 0 Å². The number of aliphatic hydroxyl groups excluding tert-OH is 5. The van der Waals surface area contributed by atoms with E-state index < -0.39 is 49.5 Å². The van der Waals surface area contributed by atoms with Gasteiger partial charge in [0.15, 0.2) is 6.29 Å². The molecule has 0 aromatic rings. The summed E-state index contributed by atoms with van der Waals surface area (Å²) in [5.41, 5.74) is 0. The summed E-state index contributed by atoms with van der Waals surface area (Å²) in [5.74, 6) is -0.139. The first-order valence-electron chi connectivity index (χ1n) is 34.0. The van der Waals surface area contributed by atoms with Crippen molar-refractivity contribution >= 4 is 5.91 Å². The van der Waals surface area contributed by atoms with Crippen LogP contribution in [0.5, 0.6) is 0 Å². The number of amides is 1. The lowest BCUT2D eigenvalue weighted by Crippen LogP contribution is -2.60. The van der Waals surface area contributed by atoms with Crippen molar-refractivity contribution in [1.29, 1.82) is 0 Å². The van der Waals surface area contributed by atoms with E-state index in [4.69, 9.17) is 9.47 Å². The lowest BCUT2D eigenvalue weighted by atomic mass is 9.99. The maximum atomic E-state index is 13.1. The highest BCUT2D eigenvalue weighted by molar-refractivity contribution is 5.76. The van der Waals surface area contributed by atoms with Gasteiger partial charge in [0.25, 0.3) is 0 Å². The number of carbonyl (C=O) groups excluding carboxylic acids is 1. The van der Waals surface area contributed by atoms with E-state index in [-0.39, 0.29) is 12.5 Å². The van der Waals surface area contributed by atoms with Crippen LogP contribution in [0.25, 0.3) is 0 Å². The van der Waals surface area contributed by atoms with Crippen molar-refractivity contribution in [2.24, 2.45) is 0 Å². The average molecular weight is 1110 g/mol. The fourth-order valence-electron chi connectivity index (χ4n) is 10.8. The highest BCUT2D eigenvalue weighted by Crippen LogP contribution is 2.24. The van der Waals surface area contributed by atoms with Crippen molar-refractivity contribution in [2.45, 2.75) is 365 Å². The van der Waals surface area contributed by atoms with Crippen LogP contribution in [0.1, 0.15) is 322 Å². The number of aliphatic hydroxyl groups is 5. The van der Waals surface area contributed by atoms with Crippen molar-refractivity contribution in [1.82, 2.24) is 5.32 Å². The maximum Gasteiger partial charge on any atom is 0.220 e. The van der Waals surface area contributed by atoms with Gasteiger partial charge in [0.05, 0.1) is 25.4 Å². The smallest absolute Gasteiger partial charge is 0.220 e. The molecule has 0 aromatic carbocycles. The molecule has 79 heavy (non-hydrogen) atoms. The zero-order valence-corrected chi connectivity index (χ0v) is 51.6. The van der Waals surface area contributed by atoms with Crippen LogP contribution in [0.4, 0.5) is 0 Å². The lowest BCUT2D eigenvalue weighted by Gasteiger charge is -2.40. The fraction of sp³-hybridized carbons (Fsp3) is 0.843. The SMILES string of the molecule is CC/C=C\C/C=C\C/C=C\C/C=C\C/C=C\CCCCCCCCCCCCCCCCCCCCCCCC(=O)NC(COC1OC(CO)C(O)C(O)C1O)C(O)CCCCCCCCCCCCCCCCCCCCC. The summed E-state index contributed by atoms with van der Waals surface area (Å²) in [6.07, 6.45) is 74.3. The molecule has 7 unspecified atom stereocenters. The number of unbranched alkanes of at least 4 members (excludes halogenated alkanes) is 39. The Kier molecular flexibility index (Phi) is 56.0. The largest absolute Gasteiger partial charge is 0.394 e. The number of ether oxygens (including phenoxy) is 2. The molecule has 0 aromatic heterocycles. The van der Waals surface area contributed by atoms with Crippen LogP contribution in [0.2, 0.25) is 0 Å². The highest BCUT2D eigenvalue weighted by atomic mass is 16.7. The molecular formula is C70H129NO8. The number of nitrogens with one attached hydrogen (secondary N) is 1. The Morgan fingerprint density at radius 2 is 0.785 bits per heavy atom. The van der Waals surface area contributed by atoms with Crippen LogP contribution in [0.15, 0.2) is 60.8 Å². The average Bonchev–Trinajstić information content (AvgIpc) is 3.46. The van der Waals surface area contributed by atoms with Gasteiger partial charge in [-0.3, -0.25) is 4.79 Å². The van der Waals surface area contributed by atoms with Crippen LogP contribution in [-0.2, 0) is 14.3 Å². The summed E-state index contributed by atoms with van der Waals surface area (Å²) in [6.45, 7) is 3.76. The topological polar surface area (TPSA) is 149 Å². The van der Waals surface area contributed by atoms with Gasteiger partial charge < -0.3 is 40.3 Å². The van der Waals surface area contributed by atoms with Crippen LogP contribution in [-0.4, -0.2) is 87.5 Å². The molecule has 0 spiro atoms. The second-order valence-corrected chi connectivity index (χ2v) is 23.6. The quantitative estimate of drug-likeness (QED) is 0.0261. The first-order chi connectivity index (χ1) is 38.8. The van der Waals surface area contributed by atoms with E-state index in [1.54, 1.807) is 0 Å². The van der Waals surface area contributed by atoms with Crippen molar-refractivity contribution in [3.05, 3.63) is 60.8 Å². The molecular weight excluding hydrogens is 983 g/mol. The first-order valence-corrected chi connectivity index (χ1v) is 34.0. The van der Waals surface area contributed by atoms with Crippen LogP contribution in [0, 0.1) is 0 Å². The molecule has 0 radical (unpaired) electrons. The predicted molar refractivity (Wildman–Crippen MR) is 336 cm³/mol. The van der Waals surface area contributed by atoms with Crippen molar-refractivity contribution in [2.75, 3.05) is 13.2 Å². The Morgan fingerprint density at radius 1 is 0.443 bits per heavy atom. The Bertz CT molecular complexity index is 1430. The molecule has 9 nitrogen and oxygen atoms in total. The van der Waals surface area contributed by atoms with Gasteiger partial charge in [0.1, 0.15) is 24.4 Å². The molecule has 9 heteroatoms. The van der Waals surface area contributed by atoms with E-state index in [2.05, 4.69) is 79.9 Å². The Hall–Kier alpha value is -2.11. The van der Waals surface area contributed by atoms with E-state index in [1.165, 1.54) is 225 Å². The summed E-state index contributed by atoms with van der Waals surface area (Å²) in [5, 5.41) is 54.9. The molecule has 1 fully saturated rings. The third-order valence-electron chi connectivity index (χ3n) is 16.1. The van der Waals surface area contributed by atoms with Crippen LogP contribution in [0.3, 0.4) is 0 Å². The minimum absolute atomic E-state index is 0.135. The molecule has 1 heterocycles. The predicted octanol–water partition coefficient (Wildman–Crippen LogP) is 18.2. The fourth-order valence-corrected chi connectivity index (χ4v) is 10.8. The van der Waals surface area contributed by atoms with E-state index >= 15 is 0 Å². The van der Waals surface area contributed by atoms with E-state index in [0.717, 1.165) is 70.6 Å². The number of carbonyl (C=O) groups is 1. The number of rotatable bonds is 59. The Balaban J connectivity index is 2.07. The van der Waals surface area contributed by atoms with E-state index in [0.29, 0.717) is 12.8 Å². The molecule has 1 aliphatic heterocycles. The standard InChI is InChI=1S/C70H129NO8/c1-3-5-7-9-11-13-15-17-19-21-23-24-25-26-27-28-29-30-31-32-33-34-35-36-37-38-39-40-42-44-46-48-50-52-54-56-58-60-66(74)71-63(62-78-70-69(77)68(76)67(75)65(61-72)79-70)64(73)59-57-55-53-51-49-47-45-43-41-22-20-18-16-14-12-10-8-6-4-2/h5,7,11,13,17,19,23-24,26-27,63-65,67-70,72-73,75-77H,3-4,6,8-10,12,14-16,18,20-22,25,28-62H2,1-2H3,(H,71,74)/b7-5-,13-11-,19-17-,24-23-,27-26-. The molecule has 7 atom stereocenters. The summed E-state index contributed by atoms with van der Waals surface area (Å²) in [4.78, 5) is 13.1. The molecule has 6 N–H and O–H groups in total.